The van der Waals surface area contributed by atoms with Crippen molar-refractivity contribution >= 4 is 60.4 Å². The van der Waals surface area contributed by atoms with E-state index in [1.165, 1.54) is 61.0 Å². The summed E-state index contributed by atoms with van der Waals surface area (Å²) in [4.78, 5) is 13.0. The number of hydrogen-bond acceptors (Lipinski definition) is 3. The smallest absolute Gasteiger partial charge is 0.161 e. The molecule has 4 heteroatoms. The number of allylic oxidation sites excluding steroid dienone is 2. The Bertz CT molecular complexity index is 3300. The number of fused-ring (bicyclic) bond motifs is 8. The van der Waals surface area contributed by atoms with Crippen LogP contribution in [0.1, 0.15) is 17.0 Å². The van der Waals surface area contributed by atoms with E-state index in [0.717, 1.165) is 38.9 Å². The fourth-order valence-corrected chi connectivity index (χ4v) is 9.53. The van der Waals surface area contributed by atoms with Crippen molar-refractivity contribution < 1.29 is 0 Å². The van der Waals surface area contributed by atoms with Crippen LogP contribution in [-0.2, 0) is 0 Å². The predicted molar refractivity (Wildman–Crippen MR) is 241 cm³/mol. The Balaban J connectivity index is 0.963. The molecule has 1 aliphatic heterocycles. The number of nitrogens with zero attached hydrogens (tertiary/aromatic N) is 4. The molecule has 0 radical (unpaired) electrons. The highest BCUT2D eigenvalue weighted by Crippen LogP contribution is 2.51. The van der Waals surface area contributed by atoms with Crippen LogP contribution in [0.15, 0.2) is 206 Å². The molecule has 4 nitrogen and oxygen atoms in total. The van der Waals surface area contributed by atoms with Gasteiger partial charge in [0.25, 0.3) is 0 Å². The van der Waals surface area contributed by atoms with Crippen LogP contribution in [0.3, 0.4) is 0 Å². The van der Waals surface area contributed by atoms with Gasteiger partial charge < -0.3 is 9.47 Å². The third kappa shape index (κ3) is 5.01. The zero-order chi connectivity index (χ0) is 38.2. The van der Waals surface area contributed by atoms with Crippen LogP contribution < -0.4 is 4.90 Å². The molecule has 0 spiro atoms. The van der Waals surface area contributed by atoms with Gasteiger partial charge >= 0.3 is 0 Å². The molecule has 8 aromatic carbocycles. The van der Waals surface area contributed by atoms with Crippen molar-refractivity contribution in [2.24, 2.45) is 0 Å². The first-order valence-electron chi connectivity index (χ1n) is 20.0. The first kappa shape index (κ1) is 32.7. The standard InChI is InChI=1S/C54H36N4/c1-3-15-35(16-4-1)53-44-23-9-12-24-47(44)55-54(56-53)43-29-32-50(40-20-8-7-19-39(40)43)58-49-26-14-11-22-42(49)46-34-37(28-31-52(46)58)36-27-30-51-45(33-36)41-21-10-13-25-48(41)57(51)38-17-5-2-6-18-38/h1-34,46,52H. The minimum absolute atomic E-state index is 0.126. The fraction of sp³-hybridized carbons (Fsp3) is 0.0370. The first-order valence-corrected chi connectivity index (χ1v) is 20.0. The molecular formula is C54H36N4. The van der Waals surface area contributed by atoms with E-state index < -0.39 is 0 Å². The lowest BCUT2D eigenvalue weighted by atomic mass is 9.86. The summed E-state index contributed by atoms with van der Waals surface area (Å²) in [6, 6.07) is 67.4. The van der Waals surface area contributed by atoms with Gasteiger partial charge in [-0.2, -0.15) is 0 Å². The minimum atomic E-state index is 0.126. The monoisotopic (exact) mass is 740 g/mol. The Hall–Kier alpha value is -7.56. The van der Waals surface area contributed by atoms with E-state index >= 15 is 0 Å². The zero-order valence-electron chi connectivity index (χ0n) is 31.6. The second-order valence-electron chi connectivity index (χ2n) is 15.3. The summed E-state index contributed by atoms with van der Waals surface area (Å²) in [7, 11) is 0. The molecule has 2 atom stereocenters. The molecule has 0 amide bonds. The predicted octanol–water partition coefficient (Wildman–Crippen LogP) is 13.5. The minimum Gasteiger partial charge on any atom is -0.333 e. The van der Waals surface area contributed by atoms with E-state index in [4.69, 9.17) is 9.97 Å². The largest absolute Gasteiger partial charge is 0.333 e. The van der Waals surface area contributed by atoms with Gasteiger partial charge in [0.05, 0.1) is 28.3 Å². The van der Waals surface area contributed by atoms with E-state index in [1.54, 1.807) is 0 Å². The van der Waals surface area contributed by atoms with Crippen LogP contribution in [0.25, 0.3) is 77.4 Å². The van der Waals surface area contributed by atoms with Gasteiger partial charge in [-0.25, -0.2) is 9.97 Å². The molecule has 0 saturated carbocycles. The van der Waals surface area contributed by atoms with Crippen molar-refractivity contribution in [2.45, 2.75) is 12.0 Å². The molecule has 2 aliphatic rings. The van der Waals surface area contributed by atoms with Crippen molar-refractivity contribution in [1.29, 1.82) is 0 Å². The second-order valence-corrected chi connectivity index (χ2v) is 15.3. The Labute approximate surface area is 336 Å². The van der Waals surface area contributed by atoms with Crippen LogP contribution in [-0.4, -0.2) is 20.6 Å². The molecule has 0 bridgehead atoms. The Kier molecular flexibility index (Phi) is 7.32. The van der Waals surface area contributed by atoms with Crippen molar-refractivity contribution in [1.82, 2.24) is 14.5 Å². The summed E-state index contributed by atoms with van der Waals surface area (Å²) < 4.78 is 2.38. The third-order valence-electron chi connectivity index (χ3n) is 12.1. The number of para-hydroxylation sites is 4. The second kappa shape index (κ2) is 13.0. The van der Waals surface area contributed by atoms with Crippen molar-refractivity contribution in [3.63, 3.8) is 0 Å². The van der Waals surface area contributed by atoms with E-state index in [2.05, 4.69) is 210 Å². The third-order valence-corrected chi connectivity index (χ3v) is 12.1. The highest BCUT2D eigenvalue weighted by molar-refractivity contribution is 6.10. The molecule has 1 aliphatic carbocycles. The Morgan fingerprint density at radius 2 is 1.16 bits per heavy atom. The maximum Gasteiger partial charge on any atom is 0.161 e. The number of benzene rings is 8. The van der Waals surface area contributed by atoms with Gasteiger partial charge in [-0.1, -0.05) is 152 Å². The van der Waals surface area contributed by atoms with Gasteiger partial charge in [0.2, 0.25) is 0 Å². The average molecular weight is 741 g/mol. The SMILES string of the molecule is C1=CC2C(C=C1c1ccc3c(c1)c1ccccc1n3-c1ccccc1)c1ccccc1N2c1ccc(-c2nc(-c3ccccc3)c3ccccc3n2)c2ccccc12. The molecule has 0 saturated heterocycles. The normalized spacial score (nSPS) is 15.9. The lowest BCUT2D eigenvalue weighted by molar-refractivity contribution is 0.748. The lowest BCUT2D eigenvalue weighted by Crippen LogP contribution is -2.29. The van der Waals surface area contributed by atoms with Gasteiger partial charge in [-0.3, -0.25) is 0 Å². The van der Waals surface area contributed by atoms with Crippen LogP contribution in [0, 0.1) is 0 Å². The van der Waals surface area contributed by atoms with Crippen LogP contribution in [0.4, 0.5) is 11.4 Å². The highest BCUT2D eigenvalue weighted by atomic mass is 15.2. The molecule has 58 heavy (non-hydrogen) atoms. The van der Waals surface area contributed by atoms with Crippen LogP contribution >= 0.6 is 0 Å². The summed E-state index contributed by atoms with van der Waals surface area (Å²) in [5.41, 5.74) is 13.8. The number of aromatic nitrogens is 3. The quantitative estimate of drug-likeness (QED) is 0.176. The lowest BCUT2D eigenvalue weighted by Gasteiger charge is -2.31. The van der Waals surface area contributed by atoms with Gasteiger partial charge in [-0.15, -0.1) is 0 Å². The highest BCUT2D eigenvalue weighted by Gasteiger charge is 2.39. The fourth-order valence-electron chi connectivity index (χ4n) is 9.53. The zero-order valence-corrected chi connectivity index (χ0v) is 31.6. The van der Waals surface area contributed by atoms with E-state index in [-0.39, 0.29) is 12.0 Å². The molecule has 2 unspecified atom stereocenters. The van der Waals surface area contributed by atoms with Crippen molar-refractivity contribution in [2.75, 3.05) is 4.90 Å². The molecule has 0 N–H and O–H groups in total. The topological polar surface area (TPSA) is 34.0 Å². The molecule has 272 valence electrons. The summed E-state index contributed by atoms with van der Waals surface area (Å²) in [5.74, 6) is 0.919. The van der Waals surface area contributed by atoms with Gasteiger partial charge in [0.1, 0.15) is 0 Å². The summed E-state index contributed by atoms with van der Waals surface area (Å²) >= 11 is 0. The van der Waals surface area contributed by atoms with E-state index in [1.807, 2.05) is 6.07 Å². The Morgan fingerprint density at radius 3 is 2.02 bits per heavy atom. The number of rotatable bonds is 5. The van der Waals surface area contributed by atoms with Crippen LogP contribution in [0.5, 0.6) is 0 Å². The summed E-state index contributed by atoms with van der Waals surface area (Å²) in [6.45, 7) is 0. The molecule has 2 aromatic heterocycles. The maximum atomic E-state index is 5.26. The van der Waals surface area contributed by atoms with Crippen molar-refractivity contribution in [3.05, 3.63) is 217 Å². The summed E-state index contributed by atoms with van der Waals surface area (Å²) in [6.07, 6.45) is 7.24. The average Bonchev–Trinajstić information content (AvgIpc) is 3.81. The molecule has 12 rings (SSSR count). The van der Waals surface area contributed by atoms with Gasteiger partial charge in [0.15, 0.2) is 5.82 Å². The summed E-state index contributed by atoms with van der Waals surface area (Å²) in [5, 5.41) is 5.89. The molecule has 0 fully saturated rings. The van der Waals surface area contributed by atoms with E-state index in [0.29, 0.717) is 0 Å². The molecule has 10 aromatic rings. The van der Waals surface area contributed by atoms with Gasteiger partial charge in [0, 0.05) is 55.7 Å². The van der Waals surface area contributed by atoms with Gasteiger partial charge in [-0.05, 0) is 76.7 Å². The van der Waals surface area contributed by atoms with E-state index in [9.17, 15) is 0 Å². The van der Waals surface area contributed by atoms with Crippen molar-refractivity contribution in [3.8, 4) is 28.3 Å². The Morgan fingerprint density at radius 1 is 0.466 bits per heavy atom. The molecule has 3 heterocycles. The maximum absolute atomic E-state index is 5.26. The molecular weight excluding hydrogens is 705 g/mol. The number of hydrogen-bond donors (Lipinski definition) is 0. The van der Waals surface area contributed by atoms with Crippen LogP contribution in [0.2, 0.25) is 0 Å². The first-order chi connectivity index (χ1) is 28.8. The number of anilines is 2.